The smallest absolute Gasteiger partial charge is 0.0146 e. The number of hydrogen-bond donors (Lipinski definition) is 0. The lowest BCUT2D eigenvalue weighted by Crippen LogP contribution is -2.20. The van der Waals surface area contributed by atoms with Gasteiger partial charge >= 0.3 is 0 Å². The maximum Gasteiger partial charge on any atom is 0.0146 e. The molecule has 0 amide bonds. The Morgan fingerprint density at radius 2 is 1.09 bits per heavy atom. The summed E-state index contributed by atoms with van der Waals surface area (Å²) in [5, 5.41) is 0. The largest absolute Gasteiger partial charge is 0.0613 e. The van der Waals surface area contributed by atoms with Crippen molar-refractivity contribution in [3.05, 3.63) is 69.3 Å². The second kappa shape index (κ2) is 6.28. The average Bonchev–Trinajstić information content (AvgIpc) is 2.46. The lowest BCUT2D eigenvalue weighted by Gasteiger charge is -2.29. The topological polar surface area (TPSA) is 0 Å². The van der Waals surface area contributed by atoms with Crippen molar-refractivity contribution in [1.82, 2.24) is 0 Å². The molecule has 118 valence electrons. The lowest BCUT2D eigenvalue weighted by atomic mass is 9.75. The molecule has 0 heteroatoms. The van der Waals surface area contributed by atoms with Crippen LogP contribution >= 0.6 is 0 Å². The fraction of sp³-hybridized carbons (Fsp3) is 0.455. The first-order chi connectivity index (χ1) is 10.3. The van der Waals surface area contributed by atoms with E-state index in [1.165, 1.54) is 38.9 Å². The van der Waals surface area contributed by atoms with Gasteiger partial charge in [-0.25, -0.2) is 0 Å². The molecular formula is C22H30. The van der Waals surface area contributed by atoms with Gasteiger partial charge in [0.25, 0.3) is 0 Å². The molecule has 0 N–H and O–H groups in total. The maximum atomic E-state index is 2.42. The molecule has 0 spiro atoms. The highest BCUT2D eigenvalue weighted by molar-refractivity contribution is 5.47. The molecule has 2 aromatic rings. The zero-order valence-electron chi connectivity index (χ0n) is 15.3. The van der Waals surface area contributed by atoms with E-state index in [0.717, 1.165) is 12.8 Å². The molecule has 0 aromatic heterocycles. The van der Waals surface area contributed by atoms with E-state index in [0.29, 0.717) is 0 Å². The predicted octanol–water partition coefficient (Wildman–Crippen LogP) is 6.06. The van der Waals surface area contributed by atoms with Gasteiger partial charge in [-0.15, -0.1) is 0 Å². The summed E-state index contributed by atoms with van der Waals surface area (Å²) in [5.74, 6) is 0. The fourth-order valence-corrected chi connectivity index (χ4v) is 3.44. The van der Waals surface area contributed by atoms with Crippen LogP contribution in [-0.2, 0) is 18.3 Å². The Bertz CT molecular complexity index is 629. The van der Waals surface area contributed by atoms with Crippen LogP contribution in [0.3, 0.4) is 0 Å². The van der Waals surface area contributed by atoms with Gasteiger partial charge in [0.1, 0.15) is 0 Å². The third-order valence-electron chi connectivity index (χ3n) is 5.05. The fourth-order valence-electron chi connectivity index (χ4n) is 3.44. The first kappa shape index (κ1) is 16.8. The van der Waals surface area contributed by atoms with E-state index in [-0.39, 0.29) is 5.41 Å². The zero-order valence-corrected chi connectivity index (χ0v) is 15.3. The van der Waals surface area contributed by atoms with Crippen LogP contribution in [0.4, 0.5) is 0 Å². The molecule has 2 rings (SSSR count). The number of benzene rings is 2. The molecule has 0 fully saturated rings. The van der Waals surface area contributed by atoms with Crippen LogP contribution in [0.2, 0.25) is 0 Å². The highest BCUT2D eigenvalue weighted by Crippen LogP contribution is 2.35. The quantitative estimate of drug-likeness (QED) is 0.642. The monoisotopic (exact) mass is 294 g/mol. The molecule has 0 heterocycles. The molecule has 0 saturated heterocycles. The Hall–Kier alpha value is -1.56. The Morgan fingerprint density at radius 3 is 1.50 bits per heavy atom. The molecule has 0 saturated carbocycles. The second-order valence-electron chi connectivity index (χ2n) is 7.13. The van der Waals surface area contributed by atoms with E-state index in [4.69, 9.17) is 0 Å². The van der Waals surface area contributed by atoms with E-state index in [9.17, 15) is 0 Å². The van der Waals surface area contributed by atoms with Crippen LogP contribution in [0, 0.1) is 20.8 Å². The van der Waals surface area contributed by atoms with Gasteiger partial charge in [-0.05, 0) is 61.4 Å². The van der Waals surface area contributed by atoms with Crippen LogP contribution < -0.4 is 0 Å². The molecule has 22 heavy (non-hydrogen) atoms. The Labute approximate surface area is 136 Å². The van der Waals surface area contributed by atoms with Crippen molar-refractivity contribution < 1.29 is 0 Å². The summed E-state index contributed by atoms with van der Waals surface area (Å²) in [5.41, 5.74) is 10.1. The molecule has 0 bridgehead atoms. The summed E-state index contributed by atoms with van der Waals surface area (Å²) < 4.78 is 0. The van der Waals surface area contributed by atoms with Crippen LogP contribution in [0.25, 0.3) is 0 Å². The number of rotatable bonds is 4. The van der Waals surface area contributed by atoms with Crippen LogP contribution in [0.5, 0.6) is 0 Å². The van der Waals surface area contributed by atoms with E-state index < -0.39 is 0 Å². The van der Waals surface area contributed by atoms with Gasteiger partial charge in [0.15, 0.2) is 0 Å². The van der Waals surface area contributed by atoms with Crippen LogP contribution in [0.1, 0.15) is 66.6 Å². The van der Waals surface area contributed by atoms with Crippen molar-refractivity contribution in [3.63, 3.8) is 0 Å². The standard InChI is InChI=1S/C22H30/c1-8-18-13-21(14-19(9-2)17(18)5)22(6,7)20-11-15(3)10-16(4)12-20/h10-14H,8-9H2,1-7H3. The van der Waals surface area contributed by atoms with Crippen molar-refractivity contribution in [1.29, 1.82) is 0 Å². The molecule has 0 aliphatic carbocycles. The van der Waals surface area contributed by atoms with Gasteiger partial charge in [0.2, 0.25) is 0 Å². The molecule has 0 aliphatic rings. The summed E-state index contributed by atoms with van der Waals surface area (Å²) in [6.07, 6.45) is 2.21. The number of hydrogen-bond acceptors (Lipinski definition) is 0. The minimum Gasteiger partial charge on any atom is -0.0613 e. The maximum absolute atomic E-state index is 2.42. The molecular weight excluding hydrogens is 264 g/mol. The van der Waals surface area contributed by atoms with Crippen molar-refractivity contribution in [2.75, 3.05) is 0 Å². The predicted molar refractivity (Wildman–Crippen MR) is 98.0 cm³/mol. The summed E-state index contributed by atoms with van der Waals surface area (Å²) in [7, 11) is 0. The lowest BCUT2D eigenvalue weighted by molar-refractivity contribution is 0.636. The highest BCUT2D eigenvalue weighted by atomic mass is 14.3. The third-order valence-corrected chi connectivity index (χ3v) is 5.05. The summed E-state index contributed by atoms with van der Waals surface area (Å²) >= 11 is 0. The summed E-state index contributed by atoms with van der Waals surface area (Å²) in [4.78, 5) is 0. The van der Waals surface area contributed by atoms with E-state index in [1.807, 2.05) is 0 Å². The third kappa shape index (κ3) is 3.11. The Balaban J connectivity index is 2.62. The highest BCUT2D eigenvalue weighted by Gasteiger charge is 2.25. The molecule has 0 nitrogen and oxygen atoms in total. The SMILES string of the molecule is CCc1cc(C(C)(C)c2cc(C)cc(C)c2)cc(CC)c1C. The van der Waals surface area contributed by atoms with Crippen molar-refractivity contribution in [2.24, 2.45) is 0 Å². The minimum atomic E-state index is 0.0400. The van der Waals surface area contributed by atoms with E-state index in [1.54, 1.807) is 0 Å². The Kier molecular flexibility index (Phi) is 4.80. The van der Waals surface area contributed by atoms with Crippen LogP contribution in [-0.4, -0.2) is 0 Å². The average molecular weight is 294 g/mol. The first-order valence-electron chi connectivity index (χ1n) is 8.51. The minimum absolute atomic E-state index is 0.0400. The van der Waals surface area contributed by atoms with Crippen molar-refractivity contribution in [3.8, 4) is 0 Å². The van der Waals surface area contributed by atoms with Crippen molar-refractivity contribution >= 4 is 0 Å². The summed E-state index contributed by atoms with van der Waals surface area (Å²) in [6, 6.07) is 11.8. The Morgan fingerprint density at radius 1 is 0.682 bits per heavy atom. The van der Waals surface area contributed by atoms with Gasteiger partial charge in [-0.2, -0.15) is 0 Å². The second-order valence-corrected chi connectivity index (χ2v) is 7.13. The molecule has 0 radical (unpaired) electrons. The first-order valence-corrected chi connectivity index (χ1v) is 8.51. The molecule has 0 atom stereocenters. The molecule has 0 unspecified atom stereocenters. The summed E-state index contributed by atoms with van der Waals surface area (Å²) in [6.45, 7) is 15.9. The van der Waals surface area contributed by atoms with E-state index in [2.05, 4.69) is 78.8 Å². The molecule has 0 aliphatic heterocycles. The van der Waals surface area contributed by atoms with Crippen molar-refractivity contribution in [2.45, 2.75) is 66.7 Å². The van der Waals surface area contributed by atoms with Crippen LogP contribution in [0.15, 0.2) is 30.3 Å². The van der Waals surface area contributed by atoms with Gasteiger partial charge in [-0.3, -0.25) is 0 Å². The zero-order chi connectivity index (χ0) is 16.5. The van der Waals surface area contributed by atoms with E-state index >= 15 is 0 Å². The molecule has 2 aromatic carbocycles. The van der Waals surface area contributed by atoms with Gasteiger partial charge < -0.3 is 0 Å². The normalized spacial score (nSPS) is 11.8. The van der Waals surface area contributed by atoms with Gasteiger partial charge in [-0.1, -0.05) is 69.2 Å². The van der Waals surface area contributed by atoms with Gasteiger partial charge in [0, 0.05) is 5.41 Å². The van der Waals surface area contributed by atoms with Gasteiger partial charge in [0.05, 0.1) is 0 Å². The number of aryl methyl sites for hydroxylation is 4.